The molecule has 2 aromatic rings. The van der Waals surface area contributed by atoms with Gasteiger partial charge in [0.05, 0.1) is 12.0 Å². The standard InChI is InChI=1S/C20H21NO4/c22-18(23)7-4-14-25-17-10-8-16(9-11-17)21-19(24)20(12-13-20)15-5-2-1-3-6-15/h1-3,5-6,8-11H,4,7,12-14H2,(H,21,24)(H,22,23). The molecule has 5 heteroatoms. The SMILES string of the molecule is O=C(O)CCCOc1ccc(NC(=O)C2(c3ccccc3)CC2)cc1. The molecule has 0 bridgehead atoms. The molecule has 0 radical (unpaired) electrons. The van der Waals surface area contributed by atoms with Crippen LogP contribution in [0.25, 0.3) is 0 Å². The molecule has 0 unspecified atom stereocenters. The quantitative estimate of drug-likeness (QED) is 0.721. The highest BCUT2D eigenvalue weighted by Crippen LogP contribution is 2.48. The number of carboxylic acid groups (broad SMARTS) is 1. The van der Waals surface area contributed by atoms with E-state index in [1.165, 1.54) is 0 Å². The zero-order chi connectivity index (χ0) is 17.7. The van der Waals surface area contributed by atoms with Crippen molar-refractivity contribution in [3.05, 3.63) is 60.2 Å². The molecule has 0 aromatic heterocycles. The Morgan fingerprint density at radius 3 is 2.32 bits per heavy atom. The molecular weight excluding hydrogens is 318 g/mol. The van der Waals surface area contributed by atoms with Gasteiger partial charge >= 0.3 is 5.97 Å². The highest BCUT2D eigenvalue weighted by molar-refractivity contribution is 6.01. The second-order valence-corrected chi connectivity index (χ2v) is 6.27. The third-order valence-electron chi connectivity index (χ3n) is 4.43. The van der Waals surface area contributed by atoms with E-state index in [1.54, 1.807) is 24.3 Å². The number of hydrogen-bond acceptors (Lipinski definition) is 3. The zero-order valence-corrected chi connectivity index (χ0v) is 13.9. The molecule has 5 nitrogen and oxygen atoms in total. The van der Waals surface area contributed by atoms with E-state index in [2.05, 4.69) is 5.32 Å². The predicted octanol–water partition coefficient (Wildman–Crippen LogP) is 3.60. The number of carbonyl (C=O) groups is 2. The number of benzene rings is 2. The second-order valence-electron chi connectivity index (χ2n) is 6.27. The Balaban J connectivity index is 1.55. The van der Waals surface area contributed by atoms with E-state index in [0.29, 0.717) is 18.8 Å². The number of ether oxygens (including phenoxy) is 1. The van der Waals surface area contributed by atoms with Gasteiger partial charge in [-0.3, -0.25) is 9.59 Å². The summed E-state index contributed by atoms with van der Waals surface area (Å²) < 4.78 is 5.49. The molecule has 130 valence electrons. The summed E-state index contributed by atoms with van der Waals surface area (Å²) in [5, 5.41) is 11.6. The van der Waals surface area contributed by atoms with Crippen LogP contribution in [-0.2, 0) is 15.0 Å². The first-order valence-electron chi connectivity index (χ1n) is 8.42. The molecule has 1 fully saturated rings. The Kier molecular flexibility index (Phi) is 5.03. The molecule has 0 aliphatic heterocycles. The minimum absolute atomic E-state index is 0.0221. The van der Waals surface area contributed by atoms with Gasteiger partial charge < -0.3 is 15.2 Å². The van der Waals surface area contributed by atoms with Gasteiger partial charge in [-0.25, -0.2) is 0 Å². The molecule has 0 heterocycles. The van der Waals surface area contributed by atoms with Gasteiger partial charge in [0.2, 0.25) is 5.91 Å². The van der Waals surface area contributed by atoms with Crippen LogP contribution in [-0.4, -0.2) is 23.6 Å². The summed E-state index contributed by atoms with van der Waals surface area (Å²) in [5.74, 6) is -0.143. The highest BCUT2D eigenvalue weighted by Gasteiger charge is 2.51. The van der Waals surface area contributed by atoms with Crippen LogP contribution < -0.4 is 10.1 Å². The Hall–Kier alpha value is -2.82. The van der Waals surface area contributed by atoms with Gasteiger partial charge in [0.25, 0.3) is 0 Å². The first kappa shape index (κ1) is 17.0. The summed E-state index contributed by atoms with van der Waals surface area (Å²) in [6.45, 7) is 0.356. The lowest BCUT2D eigenvalue weighted by Crippen LogP contribution is -2.27. The average Bonchev–Trinajstić information content (AvgIpc) is 3.43. The van der Waals surface area contributed by atoms with Crippen molar-refractivity contribution in [2.45, 2.75) is 31.1 Å². The smallest absolute Gasteiger partial charge is 0.303 e. The van der Waals surface area contributed by atoms with Crippen LogP contribution >= 0.6 is 0 Å². The maximum Gasteiger partial charge on any atom is 0.303 e. The Morgan fingerprint density at radius 2 is 1.72 bits per heavy atom. The molecule has 2 aromatic carbocycles. The van der Waals surface area contributed by atoms with Crippen molar-refractivity contribution in [2.24, 2.45) is 0 Å². The number of amides is 1. The van der Waals surface area contributed by atoms with Crippen molar-refractivity contribution < 1.29 is 19.4 Å². The molecule has 1 aliphatic carbocycles. The number of carboxylic acids is 1. The fraction of sp³-hybridized carbons (Fsp3) is 0.300. The van der Waals surface area contributed by atoms with E-state index in [1.807, 2.05) is 30.3 Å². The van der Waals surface area contributed by atoms with Crippen molar-refractivity contribution in [3.8, 4) is 5.75 Å². The van der Waals surface area contributed by atoms with E-state index in [9.17, 15) is 9.59 Å². The maximum atomic E-state index is 12.7. The third kappa shape index (κ3) is 4.18. The fourth-order valence-electron chi connectivity index (χ4n) is 2.83. The van der Waals surface area contributed by atoms with Crippen molar-refractivity contribution in [1.29, 1.82) is 0 Å². The van der Waals surface area contributed by atoms with Crippen molar-refractivity contribution in [3.63, 3.8) is 0 Å². The molecule has 25 heavy (non-hydrogen) atoms. The summed E-state index contributed by atoms with van der Waals surface area (Å²) in [5.41, 5.74) is 1.39. The number of anilines is 1. The van der Waals surface area contributed by atoms with Gasteiger partial charge in [0.15, 0.2) is 0 Å². The van der Waals surface area contributed by atoms with Gasteiger partial charge in [-0.2, -0.15) is 0 Å². The largest absolute Gasteiger partial charge is 0.494 e. The van der Waals surface area contributed by atoms with Crippen LogP contribution in [0.4, 0.5) is 5.69 Å². The Morgan fingerprint density at radius 1 is 1.04 bits per heavy atom. The van der Waals surface area contributed by atoms with Gasteiger partial charge in [0.1, 0.15) is 5.75 Å². The number of hydrogen-bond donors (Lipinski definition) is 2. The van der Waals surface area contributed by atoms with Crippen LogP contribution in [0.1, 0.15) is 31.2 Å². The van der Waals surface area contributed by atoms with Crippen LogP contribution in [0.3, 0.4) is 0 Å². The van der Waals surface area contributed by atoms with Crippen LogP contribution in [0.5, 0.6) is 5.75 Å². The second kappa shape index (κ2) is 7.38. The lowest BCUT2D eigenvalue weighted by Gasteiger charge is -2.16. The normalized spacial score (nSPS) is 14.6. The Labute approximate surface area is 146 Å². The van der Waals surface area contributed by atoms with E-state index >= 15 is 0 Å². The zero-order valence-electron chi connectivity index (χ0n) is 13.9. The predicted molar refractivity (Wildman–Crippen MR) is 94.8 cm³/mol. The van der Waals surface area contributed by atoms with Crippen LogP contribution in [0.15, 0.2) is 54.6 Å². The van der Waals surface area contributed by atoms with Crippen molar-refractivity contribution >= 4 is 17.6 Å². The van der Waals surface area contributed by atoms with E-state index in [0.717, 1.165) is 24.1 Å². The highest BCUT2D eigenvalue weighted by atomic mass is 16.5. The molecule has 0 spiro atoms. The number of aliphatic carboxylic acids is 1. The molecular formula is C20H21NO4. The van der Waals surface area contributed by atoms with E-state index in [-0.39, 0.29) is 12.3 Å². The van der Waals surface area contributed by atoms with E-state index in [4.69, 9.17) is 9.84 Å². The molecule has 1 amide bonds. The fourth-order valence-corrected chi connectivity index (χ4v) is 2.83. The first-order chi connectivity index (χ1) is 12.1. The maximum absolute atomic E-state index is 12.7. The van der Waals surface area contributed by atoms with Crippen molar-refractivity contribution in [1.82, 2.24) is 0 Å². The topological polar surface area (TPSA) is 75.6 Å². The van der Waals surface area contributed by atoms with Crippen LogP contribution in [0, 0.1) is 0 Å². The molecule has 2 N–H and O–H groups in total. The number of nitrogens with one attached hydrogen (secondary N) is 1. The number of rotatable bonds is 8. The summed E-state index contributed by atoms with van der Waals surface area (Å²) in [6.07, 6.45) is 2.30. The summed E-state index contributed by atoms with van der Waals surface area (Å²) in [6, 6.07) is 17.0. The number of carbonyl (C=O) groups excluding carboxylic acids is 1. The summed E-state index contributed by atoms with van der Waals surface area (Å²) in [4.78, 5) is 23.1. The lowest BCUT2D eigenvalue weighted by atomic mass is 9.95. The lowest BCUT2D eigenvalue weighted by molar-refractivity contribution is -0.137. The average molecular weight is 339 g/mol. The first-order valence-corrected chi connectivity index (χ1v) is 8.42. The van der Waals surface area contributed by atoms with Gasteiger partial charge in [-0.05, 0) is 49.1 Å². The molecule has 0 atom stereocenters. The van der Waals surface area contributed by atoms with E-state index < -0.39 is 11.4 Å². The summed E-state index contributed by atoms with van der Waals surface area (Å²) >= 11 is 0. The summed E-state index contributed by atoms with van der Waals surface area (Å²) in [7, 11) is 0. The molecule has 1 saturated carbocycles. The van der Waals surface area contributed by atoms with Gasteiger partial charge in [-0.1, -0.05) is 30.3 Å². The molecule has 0 saturated heterocycles. The molecule has 1 aliphatic rings. The van der Waals surface area contributed by atoms with Gasteiger partial charge in [0, 0.05) is 12.1 Å². The monoisotopic (exact) mass is 339 g/mol. The Bertz CT molecular complexity index is 736. The van der Waals surface area contributed by atoms with Crippen LogP contribution in [0.2, 0.25) is 0 Å². The molecule has 3 rings (SSSR count). The van der Waals surface area contributed by atoms with Gasteiger partial charge in [-0.15, -0.1) is 0 Å². The minimum Gasteiger partial charge on any atom is -0.494 e. The van der Waals surface area contributed by atoms with Crippen molar-refractivity contribution in [2.75, 3.05) is 11.9 Å². The third-order valence-corrected chi connectivity index (χ3v) is 4.43. The minimum atomic E-state index is -0.825.